The zero-order chi connectivity index (χ0) is 20.7. The number of alkyl halides is 2. The normalized spacial score (nSPS) is 52.5. The van der Waals surface area contributed by atoms with Crippen molar-refractivity contribution in [2.75, 3.05) is 6.61 Å². The lowest BCUT2D eigenvalue weighted by atomic mass is 9.44. The predicted octanol–water partition coefficient (Wildman–Crippen LogP) is 1.60. The number of allylic oxidation sites excluding steroid dienone is 4. The van der Waals surface area contributed by atoms with Gasteiger partial charge in [0.05, 0.1) is 6.10 Å². The Morgan fingerprint density at radius 1 is 1.32 bits per heavy atom. The van der Waals surface area contributed by atoms with Crippen molar-refractivity contribution >= 4 is 11.6 Å². The molecule has 7 heteroatoms. The van der Waals surface area contributed by atoms with Crippen LogP contribution >= 0.6 is 0 Å². The van der Waals surface area contributed by atoms with E-state index in [4.69, 9.17) is 0 Å². The topological polar surface area (TPSA) is 94.8 Å². The van der Waals surface area contributed by atoms with E-state index in [0.717, 1.165) is 0 Å². The Bertz CT molecular complexity index is 809. The van der Waals surface area contributed by atoms with Crippen molar-refractivity contribution in [2.24, 2.45) is 22.7 Å². The van der Waals surface area contributed by atoms with E-state index >= 15 is 4.39 Å². The van der Waals surface area contributed by atoms with Crippen molar-refractivity contribution in [3.05, 3.63) is 23.8 Å². The van der Waals surface area contributed by atoms with Crippen LogP contribution in [0.5, 0.6) is 0 Å². The number of hydrogen-bond acceptors (Lipinski definition) is 5. The molecule has 0 bridgehead atoms. The van der Waals surface area contributed by atoms with Crippen LogP contribution in [0.15, 0.2) is 23.8 Å². The Morgan fingerprint density at radius 3 is 2.64 bits per heavy atom. The Labute approximate surface area is 162 Å². The first kappa shape index (κ1) is 19.9. The fourth-order valence-electron chi connectivity index (χ4n) is 6.80. The number of carbonyl (C=O) groups excluding carboxylic acids is 2. The summed E-state index contributed by atoms with van der Waals surface area (Å²) < 4.78 is 31.7. The van der Waals surface area contributed by atoms with E-state index in [1.165, 1.54) is 25.2 Å². The summed E-state index contributed by atoms with van der Waals surface area (Å²) in [5.41, 5.74) is -6.59. The van der Waals surface area contributed by atoms with Crippen LogP contribution in [-0.2, 0) is 9.59 Å². The van der Waals surface area contributed by atoms with Crippen LogP contribution in [0.1, 0.15) is 39.5 Å². The Hall–Kier alpha value is -1.44. The molecule has 5 nitrogen and oxygen atoms in total. The van der Waals surface area contributed by atoms with Gasteiger partial charge in [0, 0.05) is 16.7 Å². The number of aliphatic hydroxyl groups is 3. The maximum Gasteiger partial charge on any atom is 0.193 e. The number of Topliss-reactive ketones (excluding diaryl/α,β-unsaturated/α-hetero) is 1. The van der Waals surface area contributed by atoms with Crippen LogP contribution in [0.2, 0.25) is 0 Å². The number of aliphatic hydroxyl groups excluding tert-OH is 2. The van der Waals surface area contributed by atoms with Gasteiger partial charge in [0.1, 0.15) is 12.8 Å². The number of carbonyl (C=O) groups is 2. The molecule has 4 aliphatic rings. The molecule has 3 fully saturated rings. The third-order valence-electron chi connectivity index (χ3n) is 8.38. The number of fused-ring (bicyclic) bond motifs is 5. The molecule has 0 aromatic heterocycles. The molecule has 0 amide bonds. The fraction of sp³-hybridized carbons (Fsp3) is 0.714. The quantitative estimate of drug-likeness (QED) is 0.659. The highest BCUT2D eigenvalue weighted by atomic mass is 19.1. The molecule has 28 heavy (non-hydrogen) atoms. The standard InChI is InChI=1S/C21H26F2O5/c1-18-6-5-12(25)7-11(18)3-4-13-14-8-15(22)21(28,17(27)10-24)19(14,2)9-16(26)20(13,18)23/h5-7,13-16,24,26,28H,3-4,8-10H2,1-2H3/t13-,14-,15+,16-,18-,19-,20-,21-/m0/s1. The first-order valence-electron chi connectivity index (χ1n) is 9.78. The Kier molecular flexibility index (Phi) is 4.11. The van der Waals surface area contributed by atoms with Crippen LogP contribution < -0.4 is 0 Å². The van der Waals surface area contributed by atoms with E-state index in [-0.39, 0.29) is 25.0 Å². The largest absolute Gasteiger partial charge is 0.390 e. The second kappa shape index (κ2) is 5.80. The molecular weight excluding hydrogens is 370 g/mol. The van der Waals surface area contributed by atoms with Crippen molar-refractivity contribution in [1.82, 2.24) is 0 Å². The highest BCUT2D eigenvalue weighted by molar-refractivity contribution is 6.01. The average molecular weight is 396 g/mol. The van der Waals surface area contributed by atoms with Crippen LogP contribution in [-0.4, -0.2) is 57.0 Å². The molecule has 3 saturated carbocycles. The predicted molar refractivity (Wildman–Crippen MR) is 95.7 cm³/mol. The molecular formula is C21H26F2O5. The number of rotatable bonds is 2. The summed E-state index contributed by atoms with van der Waals surface area (Å²) in [6, 6.07) is 0. The molecule has 0 spiro atoms. The summed E-state index contributed by atoms with van der Waals surface area (Å²) in [7, 11) is 0. The zero-order valence-corrected chi connectivity index (χ0v) is 16.0. The molecule has 0 aliphatic heterocycles. The van der Waals surface area contributed by atoms with Gasteiger partial charge in [-0.3, -0.25) is 9.59 Å². The minimum Gasteiger partial charge on any atom is -0.390 e. The van der Waals surface area contributed by atoms with Gasteiger partial charge >= 0.3 is 0 Å². The second-order valence-corrected chi connectivity index (χ2v) is 9.32. The van der Waals surface area contributed by atoms with Gasteiger partial charge in [-0.05, 0) is 50.7 Å². The van der Waals surface area contributed by atoms with Gasteiger partial charge in [-0.2, -0.15) is 0 Å². The van der Waals surface area contributed by atoms with E-state index in [1.807, 2.05) is 0 Å². The lowest BCUT2D eigenvalue weighted by Crippen LogP contribution is -2.69. The minimum atomic E-state index is -2.45. The van der Waals surface area contributed by atoms with Gasteiger partial charge in [0.15, 0.2) is 22.8 Å². The van der Waals surface area contributed by atoms with Gasteiger partial charge in [0.25, 0.3) is 0 Å². The monoisotopic (exact) mass is 396 g/mol. The molecule has 154 valence electrons. The average Bonchev–Trinajstić information content (AvgIpc) is 2.84. The zero-order valence-electron chi connectivity index (χ0n) is 16.0. The van der Waals surface area contributed by atoms with Crippen molar-refractivity contribution < 1.29 is 33.7 Å². The highest BCUT2D eigenvalue weighted by Gasteiger charge is 2.76. The van der Waals surface area contributed by atoms with Crippen LogP contribution in [0.3, 0.4) is 0 Å². The molecule has 0 unspecified atom stereocenters. The molecule has 0 radical (unpaired) electrons. The summed E-state index contributed by atoms with van der Waals surface area (Å²) in [6.07, 6.45) is 0.895. The highest BCUT2D eigenvalue weighted by Crippen LogP contribution is 2.70. The van der Waals surface area contributed by atoms with Crippen molar-refractivity contribution in [3.8, 4) is 0 Å². The van der Waals surface area contributed by atoms with Crippen molar-refractivity contribution in [1.29, 1.82) is 0 Å². The van der Waals surface area contributed by atoms with Gasteiger partial charge < -0.3 is 15.3 Å². The first-order valence-corrected chi connectivity index (χ1v) is 9.78. The summed E-state index contributed by atoms with van der Waals surface area (Å²) >= 11 is 0. The molecule has 4 aliphatic carbocycles. The van der Waals surface area contributed by atoms with Crippen LogP contribution in [0.4, 0.5) is 8.78 Å². The lowest BCUT2D eigenvalue weighted by molar-refractivity contribution is -0.220. The van der Waals surface area contributed by atoms with Crippen LogP contribution in [0.25, 0.3) is 0 Å². The SMILES string of the molecule is C[C@]12C=CC(=O)C=C1CC[C@H]1[C@@H]3C[C@@H](F)[C@](O)(C(=O)CO)[C@@]3(C)C[C@H](O)[C@@]12F. The third kappa shape index (κ3) is 2.00. The molecule has 8 atom stereocenters. The van der Waals surface area contributed by atoms with Gasteiger partial charge in [0.2, 0.25) is 0 Å². The van der Waals surface area contributed by atoms with E-state index in [0.29, 0.717) is 12.0 Å². The molecule has 0 heterocycles. The summed E-state index contributed by atoms with van der Waals surface area (Å²) in [5, 5.41) is 31.3. The van der Waals surface area contributed by atoms with Crippen molar-refractivity contribution in [2.45, 2.75) is 63.1 Å². The number of halogens is 2. The van der Waals surface area contributed by atoms with Gasteiger partial charge in [-0.15, -0.1) is 0 Å². The third-order valence-corrected chi connectivity index (χ3v) is 8.38. The van der Waals surface area contributed by atoms with E-state index in [1.54, 1.807) is 6.92 Å². The molecule has 0 aromatic carbocycles. The second-order valence-electron chi connectivity index (χ2n) is 9.32. The number of hydrogen-bond donors (Lipinski definition) is 3. The molecule has 4 rings (SSSR count). The van der Waals surface area contributed by atoms with E-state index < -0.39 is 58.6 Å². The van der Waals surface area contributed by atoms with Gasteiger partial charge in [-0.1, -0.05) is 18.6 Å². The first-order chi connectivity index (χ1) is 13.0. The van der Waals surface area contributed by atoms with E-state index in [9.17, 15) is 29.3 Å². The summed E-state index contributed by atoms with van der Waals surface area (Å²) in [6.45, 7) is 2.14. The molecule has 0 saturated heterocycles. The molecule has 0 aromatic rings. The lowest BCUT2D eigenvalue weighted by Gasteiger charge is -2.62. The van der Waals surface area contributed by atoms with E-state index in [2.05, 4.69) is 0 Å². The Balaban J connectivity index is 1.84. The smallest absolute Gasteiger partial charge is 0.193 e. The van der Waals surface area contributed by atoms with Gasteiger partial charge in [-0.25, -0.2) is 8.78 Å². The summed E-state index contributed by atoms with van der Waals surface area (Å²) in [4.78, 5) is 24.1. The minimum absolute atomic E-state index is 0.209. The maximum atomic E-state index is 16.7. The fourth-order valence-corrected chi connectivity index (χ4v) is 6.80. The van der Waals surface area contributed by atoms with Crippen molar-refractivity contribution in [3.63, 3.8) is 0 Å². The summed E-state index contributed by atoms with van der Waals surface area (Å²) in [5.74, 6) is -2.73. The molecule has 3 N–H and O–H groups in total. The maximum absolute atomic E-state index is 16.7. The van der Waals surface area contributed by atoms with Crippen LogP contribution in [0, 0.1) is 22.7 Å². The Morgan fingerprint density at radius 2 is 2.00 bits per heavy atom. The number of ketones is 2.